The van der Waals surface area contributed by atoms with Gasteiger partial charge >= 0.3 is 0 Å². The van der Waals surface area contributed by atoms with Crippen molar-refractivity contribution in [1.82, 2.24) is 15.0 Å². The fourth-order valence-electron chi connectivity index (χ4n) is 3.31. The van der Waals surface area contributed by atoms with Crippen LogP contribution in [0.25, 0.3) is 22.2 Å². The van der Waals surface area contributed by atoms with Gasteiger partial charge in [-0.15, -0.1) is 0 Å². The van der Waals surface area contributed by atoms with Gasteiger partial charge in [0.2, 0.25) is 0 Å². The van der Waals surface area contributed by atoms with Crippen molar-refractivity contribution in [1.29, 1.82) is 0 Å². The van der Waals surface area contributed by atoms with Crippen LogP contribution in [0.4, 0.5) is 5.82 Å². The summed E-state index contributed by atoms with van der Waals surface area (Å²) in [5.74, 6) is 2.36. The first kappa shape index (κ1) is 23.6. The number of rotatable bonds is 10. The van der Waals surface area contributed by atoms with Crippen molar-refractivity contribution in [3.8, 4) is 11.3 Å². The lowest BCUT2D eigenvalue weighted by Crippen LogP contribution is -2.10. The highest BCUT2D eigenvalue weighted by Gasteiger charge is 2.06. The van der Waals surface area contributed by atoms with Crippen LogP contribution in [-0.2, 0) is 11.2 Å². The Morgan fingerprint density at radius 2 is 1.80 bits per heavy atom. The maximum atomic E-state index is 11.3. The van der Waals surface area contributed by atoms with Gasteiger partial charge in [0.1, 0.15) is 17.4 Å². The van der Waals surface area contributed by atoms with Crippen LogP contribution in [0.2, 0.25) is 0 Å². The van der Waals surface area contributed by atoms with Gasteiger partial charge in [-0.25, -0.2) is 9.97 Å². The van der Waals surface area contributed by atoms with E-state index in [2.05, 4.69) is 39.2 Å². The van der Waals surface area contributed by atoms with Crippen molar-refractivity contribution in [2.75, 3.05) is 19.0 Å². The van der Waals surface area contributed by atoms with Gasteiger partial charge in [-0.2, -0.15) is 0 Å². The minimum absolute atomic E-state index is 0.374. The fourth-order valence-corrected chi connectivity index (χ4v) is 3.31. The third-order valence-electron chi connectivity index (χ3n) is 5.09. The molecule has 0 saturated heterocycles. The number of carbonyl (C=O) groups excluding carboxylic acids is 1. The Morgan fingerprint density at radius 1 is 1.03 bits per heavy atom. The first-order chi connectivity index (χ1) is 14.6. The first-order valence-electron chi connectivity index (χ1n) is 11.2. The summed E-state index contributed by atoms with van der Waals surface area (Å²) in [6, 6.07) is 10.5. The Kier molecular flexibility index (Phi) is 9.52. The second-order valence-corrected chi connectivity index (χ2v) is 7.52. The van der Waals surface area contributed by atoms with Gasteiger partial charge in [-0.3, -0.25) is 4.79 Å². The summed E-state index contributed by atoms with van der Waals surface area (Å²) in [7, 11) is 4.00. The van der Waals surface area contributed by atoms with Crippen molar-refractivity contribution in [2.45, 2.75) is 65.7 Å². The van der Waals surface area contributed by atoms with E-state index < -0.39 is 0 Å². The van der Waals surface area contributed by atoms with Crippen molar-refractivity contribution in [3.63, 3.8) is 0 Å². The molecule has 0 unspecified atom stereocenters. The maximum absolute atomic E-state index is 11.3. The van der Waals surface area contributed by atoms with E-state index in [0.29, 0.717) is 12.2 Å². The van der Waals surface area contributed by atoms with Crippen LogP contribution < -0.4 is 4.90 Å². The molecule has 0 spiro atoms. The molecule has 162 valence electrons. The zero-order valence-electron chi connectivity index (χ0n) is 19.2. The van der Waals surface area contributed by atoms with Crippen molar-refractivity contribution >= 4 is 22.5 Å². The SMILES string of the molecule is CC.CCC(=O)CCCCCCc1ncc(-c2ccc3nc(N(C)C)ccc3c2)[nH]1. The molecule has 0 aliphatic carbocycles. The molecule has 5 nitrogen and oxygen atoms in total. The summed E-state index contributed by atoms with van der Waals surface area (Å²) in [6.07, 6.45) is 8.62. The Balaban J connectivity index is 0.00000155. The van der Waals surface area contributed by atoms with Gasteiger partial charge in [0.05, 0.1) is 17.4 Å². The second kappa shape index (κ2) is 12.1. The largest absolute Gasteiger partial charge is 0.363 e. The number of hydrogen-bond donors (Lipinski definition) is 1. The number of unbranched alkanes of at least 4 members (excludes halogenated alkanes) is 3. The predicted octanol–water partition coefficient (Wildman–Crippen LogP) is 6.19. The van der Waals surface area contributed by atoms with Gasteiger partial charge in [0.25, 0.3) is 0 Å². The molecule has 0 aliphatic heterocycles. The van der Waals surface area contributed by atoms with E-state index in [0.717, 1.165) is 72.3 Å². The normalized spacial score (nSPS) is 10.6. The minimum Gasteiger partial charge on any atom is -0.363 e. The molecule has 0 bridgehead atoms. The molecule has 1 aromatic carbocycles. The molecule has 30 heavy (non-hydrogen) atoms. The number of Topliss-reactive ketones (excluding diaryl/α,β-unsaturated/α-hetero) is 1. The molecule has 2 heterocycles. The van der Waals surface area contributed by atoms with E-state index >= 15 is 0 Å². The fraction of sp³-hybridized carbons (Fsp3) is 0.480. The van der Waals surface area contributed by atoms with Gasteiger partial charge in [0, 0.05) is 44.3 Å². The number of pyridine rings is 1. The average molecular weight is 409 g/mol. The topological polar surface area (TPSA) is 61.9 Å². The Morgan fingerprint density at radius 3 is 2.53 bits per heavy atom. The standard InChI is InChI=1S/C23H30N4O.C2H6/c1-4-19(28)9-7-5-6-8-10-22-24-16-21(25-22)18-11-13-20-17(15-18)12-14-23(26-20)27(2)3;1-2/h11-16H,4-10H2,1-3H3,(H,24,25);1-2H3. The second-order valence-electron chi connectivity index (χ2n) is 7.52. The molecule has 2 aromatic heterocycles. The van der Waals surface area contributed by atoms with Crippen LogP contribution in [-0.4, -0.2) is 34.8 Å². The molecule has 0 fully saturated rings. The lowest BCUT2D eigenvalue weighted by atomic mass is 10.1. The summed E-state index contributed by atoms with van der Waals surface area (Å²) >= 11 is 0. The lowest BCUT2D eigenvalue weighted by Gasteiger charge is -2.11. The number of nitrogens with one attached hydrogen (secondary N) is 1. The number of H-pyrrole nitrogens is 1. The molecule has 0 saturated carbocycles. The molecule has 0 aliphatic rings. The van der Waals surface area contributed by atoms with Gasteiger partial charge in [-0.05, 0) is 37.1 Å². The van der Waals surface area contributed by atoms with E-state index in [9.17, 15) is 4.79 Å². The third kappa shape index (κ3) is 6.68. The molecule has 1 N–H and O–H groups in total. The minimum atomic E-state index is 0.374. The highest BCUT2D eigenvalue weighted by molar-refractivity contribution is 5.85. The summed E-state index contributed by atoms with van der Waals surface area (Å²) in [5.41, 5.74) is 3.17. The summed E-state index contributed by atoms with van der Waals surface area (Å²) in [6.45, 7) is 5.93. The van der Waals surface area contributed by atoms with E-state index in [1.807, 2.05) is 52.0 Å². The summed E-state index contributed by atoms with van der Waals surface area (Å²) in [4.78, 5) is 26.0. The Hall–Kier alpha value is -2.69. The van der Waals surface area contributed by atoms with Crippen LogP contribution >= 0.6 is 0 Å². The van der Waals surface area contributed by atoms with Crippen molar-refractivity contribution in [3.05, 3.63) is 42.4 Å². The molecule has 0 atom stereocenters. The van der Waals surface area contributed by atoms with Gasteiger partial charge in [-0.1, -0.05) is 39.7 Å². The lowest BCUT2D eigenvalue weighted by molar-refractivity contribution is -0.118. The summed E-state index contributed by atoms with van der Waals surface area (Å²) in [5, 5.41) is 1.13. The highest BCUT2D eigenvalue weighted by Crippen LogP contribution is 2.24. The quantitative estimate of drug-likeness (QED) is 0.406. The molecule has 3 aromatic rings. The molecule has 3 rings (SSSR count). The Bertz CT molecular complexity index is 930. The smallest absolute Gasteiger partial charge is 0.132 e. The summed E-state index contributed by atoms with van der Waals surface area (Å²) < 4.78 is 0. The average Bonchev–Trinajstić information content (AvgIpc) is 3.25. The monoisotopic (exact) mass is 408 g/mol. The molecular formula is C25H36N4O. The number of ketones is 1. The number of fused-ring (bicyclic) bond motifs is 1. The first-order valence-corrected chi connectivity index (χ1v) is 11.2. The van der Waals surface area contributed by atoms with E-state index in [-0.39, 0.29) is 0 Å². The van der Waals surface area contributed by atoms with E-state index in [1.54, 1.807) is 0 Å². The number of benzene rings is 1. The van der Waals surface area contributed by atoms with Crippen LogP contribution in [0.3, 0.4) is 0 Å². The predicted molar refractivity (Wildman–Crippen MR) is 127 cm³/mol. The zero-order valence-corrected chi connectivity index (χ0v) is 19.2. The highest BCUT2D eigenvalue weighted by atomic mass is 16.1. The molecule has 0 amide bonds. The number of aromatic amines is 1. The maximum Gasteiger partial charge on any atom is 0.132 e. The number of aryl methyl sites for hydroxylation is 1. The van der Waals surface area contributed by atoms with Crippen LogP contribution in [0.1, 0.15) is 65.1 Å². The molecular weight excluding hydrogens is 372 g/mol. The van der Waals surface area contributed by atoms with Crippen LogP contribution in [0.5, 0.6) is 0 Å². The number of hydrogen-bond acceptors (Lipinski definition) is 4. The van der Waals surface area contributed by atoms with E-state index in [4.69, 9.17) is 0 Å². The zero-order chi connectivity index (χ0) is 21.9. The Labute approximate surface area is 180 Å². The number of carbonyl (C=O) groups is 1. The number of aromatic nitrogens is 3. The number of nitrogens with zero attached hydrogens (tertiary/aromatic N) is 3. The molecule has 0 radical (unpaired) electrons. The number of anilines is 1. The third-order valence-corrected chi connectivity index (χ3v) is 5.09. The van der Waals surface area contributed by atoms with Crippen LogP contribution in [0, 0.1) is 0 Å². The van der Waals surface area contributed by atoms with E-state index in [1.165, 1.54) is 0 Å². The van der Waals surface area contributed by atoms with Gasteiger partial charge < -0.3 is 9.88 Å². The molecule has 5 heteroatoms. The van der Waals surface area contributed by atoms with Gasteiger partial charge in [0.15, 0.2) is 0 Å². The van der Waals surface area contributed by atoms with Crippen LogP contribution in [0.15, 0.2) is 36.5 Å². The van der Waals surface area contributed by atoms with Crippen molar-refractivity contribution in [2.24, 2.45) is 0 Å². The van der Waals surface area contributed by atoms with Crippen molar-refractivity contribution < 1.29 is 4.79 Å². The number of imidazole rings is 1.